The Kier molecular flexibility index (Phi) is 5.74. The minimum absolute atomic E-state index is 0.246. The van der Waals surface area contributed by atoms with Crippen LogP contribution in [0.25, 0.3) is 10.2 Å². The van der Waals surface area contributed by atoms with Crippen molar-refractivity contribution in [2.75, 3.05) is 12.0 Å². The number of benzene rings is 2. The first-order chi connectivity index (χ1) is 14.6. The van der Waals surface area contributed by atoms with Crippen molar-refractivity contribution in [3.8, 4) is 0 Å². The Morgan fingerprint density at radius 2 is 1.80 bits per heavy atom. The highest BCUT2D eigenvalue weighted by atomic mass is 35.5. The van der Waals surface area contributed by atoms with Gasteiger partial charge in [-0.1, -0.05) is 35.1 Å². The van der Waals surface area contributed by atoms with E-state index in [2.05, 4.69) is 9.97 Å². The summed E-state index contributed by atoms with van der Waals surface area (Å²) in [6.07, 6.45) is 1.68. The van der Waals surface area contributed by atoms with E-state index in [1.165, 1.54) is 18.4 Å². The Morgan fingerprint density at radius 3 is 2.47 bits per heavy atom. The number of fused-ring (bicyclic) bond motifs is 1. The smallest absolute Gasteiger partial charge is 0.337 e. The highest BCUT2D eigenvalue weighted by Crippen LogP contribution is 2.34. The van der Waals surface area contributed by atoms with Crippen LogP contribution in [0.5, 0.6) is 0 Å². The van der Waals surface area contributed by atoms with Gasteiger partial charge in [0.2, 0.25) is 0 Å². The molecule has 0 aliphatic heterocycles. The third-order valence-electron chi connectivity index (χ3n) is 4.43. The molecule has 30 heavy (non-hydrogen) atoms. The number of pyridine rings is 1. The molecule has 4 aromatic rings. The largest absolute Gasteiger partial charge is 0.465 e. The number of ether oxygens (including phenoxy) is 1. The number of anilines is 1. The normalized spacial score (nSPS) is 10.7. The molecule has 150 valence electrons. The number of carbonyl (C=O) groups is 2. The number of methoxy groups -OCH3 is 1. The zero-order valence-corrected chi connectivity index (χ0v) is 17.5. The average molecular weight is 438 g/mol. The molecule has 0 atom stereocenters. The predicted octanol–water partition coefficient (Wildman–Crippen LogP) is 4.98. The van der Waals surface area contributed by atoms with Crippen molar-refractivity contribution in [2.45, 2.75) is 6.54 Å². The number of halogens is 1. The first kappa shape index (κ1) is 20.0. The second-order valence-electron chi connectivity index (χ2n) is 6.36. The lowest BCUT2D eigenvalue weighted by Gasteiger charge is -2.19. The maximum absolute atomic E-state index is 13.4. The monoisotopic (exact) mass is 437 g/mol. The fourth-order valence-corrected chi connectivity index (χ4v) is 4.18. The highest BCUT2D eigenvalue weighted by Gasteiger charge is 2.23. The van der Waals surface area contributed by atoms with Gasteiger partial charge in [0, 0.05) is 11.8 Å². The molecule has 0 radical (unpaired) electrons. The van der Waals surface area contributed by atoms with Gasteiger partial charge in [-0.25, -0.2) is 9.78 Å². The molecule has 0 saturated carbocycles. The zero-order valence-electron chi connectivity index (χ0n) is 15.9. The number of rotatable bonds is 5. The van der Waals surface area contributed by atoms with Crippen molar-refractivity contribution < 1.29 is 14.3 Å². The van der Waals surface area contributed by atoms with Crippen LogP contribution in [0.4, 0.5) is 5.13 Å². The van der Waals surface area contributed by atoms with Gasteiger partial charge in [-0.2, -0.15) is 0 Å². The molecule has 0 aliphatic rings. The number of carbonyl (C=O) groups excluding carboxylic acids is 2. The second kappa shape index (κ2) is 8.61. The number of nitrogens with zero attached hydrogens (tertiary/aromatic N) is 3. The van der Waals surface area contributed by atoms with Crippen molar-refractivity contribution >= 4 is 50.2 Å². The zero-order chi connectivity index (χ0) is 21.1. The van der Waals surface area contributed by atoms with Crippen LogP contribution >= 0.6 is 22.9 Å². The SMILES string of the molecule is COC(=O)c1ccc(C(=O)N(Cc2ccccn2)c2nc3c(Cl)cccc3s2)cc1. The van der Waals surface area contributed by atoms with Crippen LogP contribution < -0.4 is 4.90 Å². The predicted molar refractivity (Wildman–Crippen MR) is 117 cm³/mol. The molecule has 0 aliphatic carbocycles. The summed E-state index contributed by atoms with van der Waals surface area (Å²) < 4.78 is 5.60. The van der Waals surface area contributed by atoms with Gasteiger partial charge in [0.15, 0.2) is 5.13 Å². The minimum atomic E-state index is -0.458. The van der Waals surface area contributed by atoms with E-state index in [1.807, 2.05) is 30.3 Å². The third kappa shape index (κ3) is 4.03. The summed E-state index contributed by atoms with van der Waals surface area (Å²) >= 11 is 7.66. The Morgan fingerprint density at radius 1 is 1.03 bits per heavy atom. The Bertz CT molecular complexity index is 1210. The molecule has 1 amide bonds. The number of amides is 1. The molecular formula is C22H16ClN3O3S. The summed E-state index contributed by atoms with van der Waals surface area (Å²) in [4.78, 5) is 35.6. The summed E-state index contributed by atoms with van der Waals surface area (Å²) in [7, 11) is 1.31. The van der Waals surface area contributed by atoms with E-state index in [1.54, 1.807) is 41.4 Å². The van der Waals surface area contributed by atoms with Crippen LogP contribution in [-0.2, 0) is 11.3 Å². The lowest BCUT2D eigenvalue weighted by molar-refractivity contribution is 0.0600. The summed E-state index contributed by atoms with van der Waals surface area (Å²) in [6.45, 7) is 0.246. The quantitative estimate of drug-likeness (QED) is 0.412. The minimum Gasteiger partial charge on any atom is -0.465 e. The Hall–Kier alpha value is -3.29. The molecule has 0 fully saturated rings. The fourth-order valence-electron chi connectivity index (χ4n) is 2.92. The van der Waals surface area contributed by atoms with Gasteiger partial charge >= 0.3 is 5.97 Å². The molecule has 8 heteroatoms. The molecule has 0 spiro atoms. The molecule has 6 nitrogen and oxygen atoms in total. The van der Waals surface area contributed by atoms with Crippen LogP contribution in [0, 0.1) is 0 Å². The van der Waals surface area contributed by atoms with Crippen molar-refractivity contribution in [3.05, 3.63) is 88.7 Å². The molecule has 2 aromatic heterocycles. The van der Waals surface area contributed by atoms with Crippen molar-refractivity contribution in [2.24, 2.45) is 0 Å². The fraction of sp³-hybridized carbons (Fsp3) is 0.0909. The van der Waals surface area contributed by atoms with Gasteiger partial charge in [0.05, 0.1) is 34.6 Å². The molecule has 0 N–H and O–H groups in total. The van der Waals surface area contributed by atoms with Gasteiger partial charge < -0.3 is 4.74 Å². The van der Waals surface area contributed by atoms with E-state index >= 15 is 0 Å². The first-order valence-electron chi connectivity index (χ1n) is 9.02. The summed E-state index contributed by atoms with van der Waals surface area (Å²) in [5, 5.41) is 1.05. The molecule has 0 bridgehead atoms. The Balaban J connectivity index is 1.73. The summed E-state index contributed by atoms with van der Waals surface area (Å²) in [6, 6.07) is 17.4. The maximum Gasteiger partial charge on any atom is 0.337 e. The van der Waals surface area contributed by atoms with E-state index in [0.717, 1.165) is 10.4 Å². The van der Waals surface area contributed by atoms with E-state index in [4.69, 9.17) is 16.3 Å². The van der Waals surface area contributed by atoms with Crippen LogP contribution in [0.2, 0.25) is 5.02 Å². The van der Waals surface area contributed by atoms with Gasteiger partial charge in [0.25, 0.3) is 5.91 Å². The lowest BCUT2D eigenvalue weighted by atomic mass is 10.1. The number of para-hydroxylation sites is 1. The maximum atomic E-state index is 13.4. The van der Waals surface area contributed by atoms with Gasteiger partial charge in [-0.15, -0.1) is 0 Å². The topological polar surface area (TPSA) is 72.4 Å². The van der Waals surface area contributed by atoms with Gasteiger partial charge in [-0.3, -0.25) is 14.7 Å². The number of aromatic nitrogens is 2. The lowest BCUT2D eigenvalue weighted by Crippen LogP contribution is -2.30. The van der Waals surface area contributed by atoms with Crippen LogP contribution in [-0.4, -0.2) is 29.0 Å². The standard InChI is InChI=1S/C22H16ClN3O3S/c1-29-21(28)15-10-8-14(9-11-15)20(27)26(13-16-5-2-3-12-24-16)22-25-19-17(23)6-4-7-18(19)30-22/h2-12H,13H2,1H3. The van der Waals surface area contributed by atoms with Crippen molar-refractivity contribution in [1.29, 1.82) is 0 Å². The molecule has 0 saturated heterocycles. The molecular weight excluding hydrogens is 422 g/mol. The van der Waals surface area contributed by atoms with Crippen molar-refractivity contribution in [1.82, 2.24) is 9.97 Å². The number of esters is 1. The van der Waals surface area contributed by atoms with Crippen molar-refractivity contribution in [3.63, 3.8) is 0 Å². The molecule has 0 unspecified atom stereocenters. The summed E-state index contributed by atoms with van der Waals surface area (Å²) in [5.41, 5.74) is 2.17. The average Bonchev–Trinajstić information content (AvgIpc) is 3.23. The van der Waals surface area contributed by atoms with Gasteiger partial charge in [-0.05, 0) is 48.5 Å². The van der Waals surface area contributed by atoms with Crippen LogP contribution in [0.15, 0.2) is 66.9 Å². The molecule has 2 aromatic carbocycles. The third-order valence-corrected chi connectivity index (χ3v) is 5.78. The van der Waals surface area contributed by atoms with E-state index in [9.17, 15) is 9.59 Å². The van der Waals surface area contributed by atoms with Crippen LogP contribution in [0.1, 0.15) is 26.4 Å². The summed E-state index contributed by atoms with van der Waals surface area (Å²) in [5.74, 6) is -0.715. The van der Waals surface area contributed by atoms with Gasteiger partial charge in [0.1, 0.15) is 5.52 Å². The number of thiazole rings is 1. The van der Waals surface area contributed by atoms with Crippen LogP contribution in [0.3, 0.4) is 0 Å². The van der Waals surface area contributed by atoms with E-state index in [0.29, 0.717) is 26.8 Å². The molecule has 2 heterocycles. The Labute approximate surface area is 181 Å². The van der Waals surface area contributed by atoms with E-state index < -0.39 is 5.97 Å². The molecule has 4 rings (SSSR count). The number of hydrogen-bond donors (Lipinski definition) is 0. The first-order valence-corrected chi connectivity index (χ1v) is 10.2. The number of hydrogen-bond acceptors (Lipinski definition) is 6. The van der Waals surface area contributed by atoms with E-state index in [-0.39, 0.29) is 12.5 Å². The highest BCUT2D eigenvalue weighted by molar-refractivity contribution is 7.22. The second-order valence-corrected chi connectivity index (χ2v) is 7.78.